The average Bonchev–Trinajstić information content (AvgIpc) is 2.68. The predicted octanol–water partition coefficient (Wildman–Crippen LogP) is -6.21. The molecule has 1 aliphatic carbocycles. The zero-order chi connectivity index (χ0) is 21.9. The maximum absolute atomic E-state index is 11.9. The molecule has 0 spiro atoms. The Morgan fingerprint density at radius 1 is 1.14 bits per heavy atom. The smallest absolute Gasteiger partial charge is 0.222 e. The lowest BCUT2D eigenvalue weighted by atomic mass is 9.84. The molecule has 1 unspecified atom stereocenters. The van der Waals surface area contributed by atoms with Crippen molar-refractivity contribution >= 4 is 5.91 Å². The number of nitrogens with two attached hydrogens (primary N) is 3. The van der Waals surface area contributed by atoms with E-state index in [1.165, 1.54) is 0 Å². The Morgan fingerprint density at radius 2 is 1.79 bits per heavy atom. The average molecular weight is 424 g/mol. The van der Waals surface area contributed by atoms with Gasteiger partial charge >= 0.3 is 0 Å². The van der Waals surface area contributed by atoms with Gasteiger partial charge in [-0.3, -0.25) is 4.79 Å². The van der Waals surface area contributed by atoms with E-state index in [0.29, 0.717) is 0 Å². The number of ether oxygens (including phenoxy) is 2. The zero-order valence-electron chi connectivity index (χ0n) is 15.8. The van der Waals surface area contributed by atoms with Crippen LogP contribution in [0, 0.1) is 0 Å². The molecule has 1 amide bonds. The van der Waals surface area contributed by atoms with Gasteiger partial charge in [0.2, 0.25) is 5.91 Å². The van der Waals surface area contributed by atoms with E-state index in [0.717, 1.165) is 0 Å². The number of carbonyl (C=O) groups is 1. The summed E-state index contributed by atoms with van der Waals surface area (Å²) in [4.78, 5) is 11.9. The van der Waals surface area contributed by atoms with Gasteiger partial charge in [0.1, 0.15) is 36.6 Å². The van der Waals surface area contributed by atoms with Crippen molar-refractivity contribution in [2.75, 3.05) is 13.2 Å². The first-order valence-electron chi connectivity index (χ1n) is 9.43. The van der Waals surface area contributed by atoms with E-state index in [1.54, 1.807) is 0 Å². The van der Waals surface area contributed by atoms with Crippen molar-refractivity contribution in [3.05, 3.63) is 0 Å². The fraction of sp³-hybridized carbons (Fsp3) is 0.938. The van der Waals surface area contributed by atoms with Crippen LogP contribution in [0.5, 0.6) is 0 Å². The van der Waals surface area contributed by atoms with Crippen LogP contribution < -0.4 is 22.5 Å². The van der Waals surface area contributed by atoms with E-state index in [9.17, 15) is 35.4 Å². The quantitative estimate of drug-likeness (QED) is 0.183. The van der Waals surface area contributed by atoms with Crippen molar-refractivity contribution in [2.45, 2.75) is 80.0 Å². The lowest BCUT2D eigenvalue weighted by molar-refractivity contribution is -0.294. The summed E-state index contributed by atoms with van der Waals surface area (Å²) >= 11 is 0. The second kappa shape index (κ2) is 10.4. The van der Waals surface area contributed by atoms with Crippen molar-refractivity contribution in [3.63, 3.8) is 0 Å². The topological polar surface area (TPSA) is 247 Å². The van der Waals surface area contributed by atoms with Gasteiger partial charge in [0.05, 0.1) is 31.2 Å². The summed E-state index contributed by atoms with van der Waals surface area (Å²) in [5.74, 6) is -0.564. The molecule has 2 rings (SSSR count). The van der Waals surface area contributed by atoms with E-state index < -0.39 is 79.7 Å². The second-order valence-electron chi connectivity index (χ2n) is 7.53. The molecule has 0 aromatic heterocycles. The van der Waals surface area contributed by atoms with E-state index in [-0.39, 0.29) is 19.4 Å². The van der Waals surface area contributed by atoms with Gasteiger partial charge in [-0.2, -0.15) is 0 Å². The highest BCUT2D eigenvalue weighted by Crippen LogP contribution is 2.27. The molecule has 1 heterocycles. The molecule has 13 nitrogen and oxygen atoms in total. The van der Waals surface area contributed by atoms with Gasteiger partial charge in [-0.15, -0.1) is 0 Å². The predicted molar refractivity (Wildman–Crippen MR) is 96.8 cm³/mol. The third-order valence-electron chi connectivity index (χ3n) is 5.31. The third-order valence-corrected chi connectivity index (χ3v) is 5.31. The van der Waals surface area contributed by atoms with Crippen LogP contribution in [0.15, 0.2) is 0 Å². The summed E-state index contributed by atoms with van der Waals surface area (Å²) in [5.41, 5.74) is 17.1. The molecule has 0 aromatic rings. The number of nitrogens with one attached hydrogen (secondary N) is 1. The van der Waals surface area contributed by atoms with Crippen LogP contribution in [0.2, 0.25) is 0 Å². The van der Waals surface area contributed by atoms with Gasteiger partial charge in [0.25, 0.3) is 0 Å². The molecule has 0 aromatic carbocycles. The van der Waals surface area contributed by atoms with Crippen LogP contribution in [0.4, 0.5) is 0 Å². The molecule has 13 heteroatoms. The molecule has 0 bridgehead atoms. The number of aliphatic hydroxyl groups excluding tert-OH is 6. The summed E-state index contributed by atoms with van der Waals surface area (Å²) in [6.45, 7) is -0.703. The number of hydrogen-bond acceptors (Lipinski definition) is 12. The molecule has 13 N–H and O–H groups in total. The van der Waals surface area contributed by atoms with Crippen molar-refractivity contribution in [1.29, 1.82) is 0 Å². The second-order valence-corrected chi connectivity index (χ2v) is 7.53. The highest BCUT2D eigenvalue weighted by atomic mass is 16.7. The normalized spacial score (nSPS) is 44.3. The largest absolute Gasteiger partial charge is 0.394 e. The van der Waals surface area contributed by atoms with Crippen molar-refractivity contribution < 1.29 is 44.9 Å². The lowest BCUT2D eigenvalue weighted by Gasteiger charge is -2.46. The molecule has 0 radical (unpaired) electrons. The Hall–Kier alpha value is -0.970. The Balaban J connectivity index is 2.00. The molecule has 2 fully saturated rings. The standard InChI is InChI=1S/C16H32N4O9/c17-3-5(22)1-9(23)20-7-2-6(18)15(14(27)11(7)24)29-16-10(19)13(26)12(25)8(4-21)28-16/h5-8,10-16,21-22,24-27H,1-4,17-19H2,(H,20,23)/t5?,6-,7+,8-,10-,11-,12-,13-,14+,15+,16-/m1/s1. The van der Waals surface area contributed by atoms with Gasteiger partial charge in [-0.1, -0.05) is 0 Å². The first-order valence-corrected chi connectivity index (χ1v) is 9.43. The molecular weight excluding hydrogens is 392 g/mol. The van der Waals surface area contributed by atoms with Crippen molar-refractivity contribution in [3.8, 4) is 0 Å². The molecule has 1 saturated carbocycles. The van der Waals surface area contributed by atoms with Crippen LogP contribution in [0.1, 0.15) is 12.8 Å². The Kier molecular flexibility index (Phi) is 8.69. The Labute approximate surface area is 167 Å². The summed E-state index contributed by atoms with van der Waals surface area (Å²) in [5, 5.41) is 61.8. The highest BCUT2D eigenvalue weighted by molar-refractivity contribution is 5.76. The van der Waals surface area contributed by atoms with E-state index in [4.69, 9.17) is 26.7 Å². The van der Waals surface area contributed by atoms with Gasteiger partial charge in [0.15, 0.2) is 6.29 Å². The molecule has 29 heavy (non-hydrogen) atoms. The Bertz CT molecular complexity index is 543. The minimum atomic E-state index is -1.53. The number of hydrogen-bond donors (Lipinski definition) is 10. The third kappa shape index (κ3) is 5.59. The zero-order valence-corrected chi connectivity index (χ0v) is 15.8. The molecule has 1 saturated heterocycles. The van der Waals surface area contributed by atoms with E-state index in [1.807, 2.05) is 0 Å². The molecular formula is C16H32N4O9. The van der Waals surface area contributed by atoms with E-state index in [2.05, 4.69) is 5.32 Å². The van der Waals surface area contributed by atoms with Gasteiger partial charge in [-0.25, -0.2) is 0 Å². The number of rotatable bonds is 7. The minimum absolute atomic E-state index is 0.0317. The summed E-state index contributed by atoms with van der Waals surface area (Å²) in [6, 6.07) is -2.94. The number of aliphatic hydroxyl groups is 6. The molecule has 2 aliphatic rings. The highest BCUT2D eigenvalue weighted by Gasteiger charge is 2.48. The summed E-state index contributed by atoms with van der Waals surface area (Å²) < 4.78 is 10.9. The maximum Gasteiger partial charge on any atom is 0.222 e. The van der Waals surface area contributed by atoms with Crippen LogP contribution in [0.3, 0.4) is 0 Å². The number of carbonyl (C=O) groups excluding carboxylic acids is 1. The lowest BCUT2D eigenvalue weighted by Crippen LogP contribution is -2.67. The monoisotopic (exact) mass is 424 g/mol. The fourth-order valence-electron chi connectivity index (χ4n) is 3.52. The summed E-state index contributed by atoms with van der Waals surface area (Å²) in [6.07, 6.45) is -10.7. The van der Waals surface area contributed by atoms with Gasteiger partial charge in [0, 0.05) is 12.6 Å². The van der Waals surface area contributed by atoms with Crippen LogP contribution >= 0.6 is 0 Å². The molecule has 1 aliphatic heterocycles. The van der Waals surface area contributed by atoms with E-state index >= 15 is 0 Å². The van der Waals surface area contributed by atoms with Gasteiger partial charge < -0.3 is 62.6 Å². The van der Waals surface area contributed by atoms with Gasteiger partial charge in [-0.05, 0) is 6.42 Å². The minimum Gasteiger partial charge on any atom is -0.394 e. The molecule has 170 valence electrons. The van der Waals surface area contributed by atoms with Crippen molar-refractivity contribution in [2.24, 2.45) is 17.2 Å². The maximum atomic E-state index is 11.9. The first-order chi connectivity index (χ1) is 13.6. The first kappa shape index (κ1) is 24.3. The summed E-state index contributed by atoms with van der Waals surface area (Å²) in [7, 11) is 0. The van der Waals surface area contributed by atoms with Crippen molar-refractivity contribution in [1.82, 2.24) is 5.32 Å². The Morgan fingerprint density at radius 3 is 2.38 bits per heavy atom. The number of amides is 1. The van der Waals surface area contributed by atoms with Crippen LogP contribution in [-0.4, -0.2) is 117 Å². The van der Waals surface area contributed by atoms with Crippen LogP contribution in [0.25, 0.3) is 0 Å². The van der Waals surface area contributed by atoms with Crippen LogP contribution in [-0.2, 0) is 14.3 Å². The molecule has 11 atom stereocenters. The fourth-order valence-corrected chi connectivity index (χ4v) is 3.52. The SMILES string of the molecule is NCC(O)CC(=O)N[C@H]1C[C@@H](N)[C@H](O[C@H]2O[C@H](CO)[C@@H](O)[C@H](O)[C@H]2N)[C@@H](O)[C@@H]1O.